The lowest BCUT2D eigenvalue weighted by molar-refractivity contribution is 0.632. The second-order valence-corrected chi connectivity index (χ2v) is 13.8. The molecule has 0 aliphatic carbocycles. The maximum atomic E-state index is 6.31. The van der Waals surface area contributed by atoms with E-state index in [4.69, 9.17) is 4.42 Å². The van der Waals surface area contributed by atoms with Gasteiger partial charge in [-0.3, -0.25) is 0 Å². The van der Waals surface area contributed by atoms with Crippen molar-refractivity contribution in [1.82, 2.24) is 0 Å². The van der Waals surface area contributed by atoms with Crippen LogP contribution in [0.4, 0.5) is 17.1 Å². The van der Waals surface area contributed by atoms with Crippen LogP contribution in [0.3, 0.4) is 0 Å². The summed E-state index contributed by atoms with van der Waals surface area (Å²) in [6, 6.07) is 75.9. The van der Waals surface area contributed by atoms with Gasteiger partial charge in [0.25, 0.3) is 0 Å². The molecule has 0 amide bonds. The molecule has 0 aliphatic heterocycles. The van der Waals surface area contributed by atoms with Crippen LogP contribution in [0.5, 0.6) is 0 Å². The van der Waals surface area contributed by atoms with E-state index in [-0.39, 0.29) is 0 Å². The minimum Gasteiger partial charge on any atom is -0.456 e. The predicted molar refractivity (Wildman–Crippen MR) is 228 cm³/mol. The summed E-state index contributed by atoms with van der Waals surface area (Å²) in [6.45, 7) is 0. The number of fused-ring (bicyclic) bond motifs is 3. The second kappa shape index (κ2) is 13.4. The molecule has 0 saturated heterocycles. The van der Waals surface area contributed by atoms with Crippen molar-refractivity contribution in [3.05, 3.63) is 212 Å². The first kappa shape index (κ1) is 31.6. The highest BCUT2D eigenvalue weighted by molar-refractivity contribution is 5.91. The Hall–Kier alpha value is -7.16. The van der Waals surface area contributed by atoms with Crippen molar-refractivity contribution in [2.45, 2.75) is 0 Å². The zero-order chi connectivity index (χ0) is 35.8. The maximum Gasteiger partial charge on any atom is 0.136 e. The number of nitrogens with zero attached hydrogens (tertiary/aromatic N) is 1. The van der Waals surface area contributed by atoms with Crippen molar-refractivity contribution in [1.29, 1.82) is 0 Å². The van der Waals surface area contributed by atoms with E-state index in [0.29, 0.717) is 0 Å². The van der Waals surface area contributed by atoms with Crippen LogP contribution in [0.1, 0.15) is 0 Å². The lowest BCUT2D eigenvalue weighted by atomic mass is 9.97. The highest BCUT2D eigenvalue weighted by atomic mass is 16.3. The minimum absolute atomic E-state index is 0.871. The van der Waals surface area contributed by atoms with Crippen molar-refractivity contribution in [3.8, 4) is 44.7 Å². The number of hydrogen-bond acceptors (Lipinski definition) is 2. The average Bonchev–Trinajstić information content (AvgIpc) is 3.69. The van der Waals surface area contributed by atoms with Crippen molar-refractivity contribution in [2.75, 3.05) is 4.90 Å². The normalized spacial score (nSPS) is 11.3. The average molecular weight is 690 g/mol. The van der Waals surface area contributed by atoms with E-state index in [2.05, 4.69) is 199 Å². The Morgan fingerprint density at radius 3 is 1.20 bits per heavy atom. The van der Waals surface area contributed by atoms with Crippen LogP contribution in [0.15, 0.2) is 217 Å². The Morgan fingerprint density at radius 2 is 0.685 bits per heavy atom. The Morgan fingerprint density at radius 1 is 0.278 bits per heavy atom. The molecule has 0 saturated carbocycles. The Bertz CT molecular complexity index is 2760. The number of anilines is 3. The zero-order valence-corrected chi connectivity index (χ0v) is 29.6. The second-order valence-electron chi connectivity index (χ2n) is 13.8. The monoisotopic (exact) mass is 689 g/mol. The molecular formula is C52H35NO. The van der Waals surface area contributed by atoms with Crippen LogP contribution in [0.2, 0.25) is 0 Å². The van der Waals surface area contributed by atoms with Gasteiger partial charge < -0.3 is 9.32 Å². The first-order valence-corrected chi connectivity index (χ1v) is 18.4. The molecule has 0 N–H and O–H groups in total. The molecule has 0 bridgehead atoms. The molecule has 0 fully saturated rings. The van der Waals surface area contributed by atoms with E-state index in [0.717, 1.165) is 50.5 Å². The molecule has 0 radical (unpaired) electrons. The van der Waals surface area contributed by atoms with Crippen LogP contribution < -0.4 is 4.90 Å². The van der Waals surface area contributed by atoms with Crippen molar-refractivity contribution in [2.24, 2.45) is 0 Å². The third kappa shape index (κ3) is 5.90. The van der Waals surface area contributed by atoms with E-state index in [1.165, 1.54) is 43.8 Å². The largest absolute Gasteiger partial charge is 0.456 e. The van der Waals surface area contributed by atoms with Gasteiger partial charge in [0.1, 0.15) is 11.3 Å². The molecule has 0 spiro atoms. The highest BCUT2D eigenvalue weighted by Gasteiger charge is 2.16. The fraction of sp³-hybridized carbons (Fsp3) is 0. The summed E-state index contributed by atoms with van der Waals surface area (Å²) in [5.74, 6) is 0.871. The lowest BCUT2D eigenvalue weighted by Crippen LogP contribution is -2.09. The summed E-state index contributed by atoms with van der Waals surface area (Å²) < 4.78 is 6.31. The fourth-order valence-electron chi connectivity index (χ4n) is 7.65. The Balaban J connectivity index is 1.02. The molecule has 54 heavy (non-hydrogen) atoms. The third-order valence-corrected chi connectivity index (χ3v) is 10.5. The Kier molecular flexibility index (Phi) is 7.85. The van der Waals surface area contributed by atoms with E-state index in [9.17, 15) is 0 Å². The van der Waals surface area contributed by atoms with Gasteiger partial charge in [0.15, 0.2) is 0 Å². The standard InChI is InChI=1S/C52H35NO/c1-3-11-41-33-43(19-17-36(41)9-1)38-21-27-46(28-22-38)53(47-29-23-39(24-30-47)44-20-18-37-10-2-4-12-42(37)34-44)48-31-25-40(26-32-48)49-14-6-7-15-50(49)52-35-45-13-5-8-16-51(45)54-52/h1-35H. The SMILES string of the molecule is c1ccc(-c2cc3ccccc3o2)c(-c2ccc(N(c3ccc(-c4ccc5ccccc5c4)cc3)c3ccc(-c4ccc5ccccc5c4)cc3)cc2)c1. The van der Waals surface area contributed by atoms with E-state index >= 15 is 0 Å². The first-order valence-electron chi connectivity index (χ1n) is 18.4. The fourth-order valence-corrected chi connectivity index (χ4v) is 7.65. The van der Waals surface area contributed by atoms with Crippen LogP contribution in [-0.4, -0.2) is 0 Å². The summed E-state index contributed by atoms with van der Waals surface area (Å²) in [6.07, 6.45) is 0. The minimum atomic E-state index is 0.871. The van der Waals surface area contributed by atoms with Gasteiger partial charge in [-0.2, -0.15) is 0 Å². The van der Waals surface area contributed by atoms with E-state index in [1.807, 2.05) is 18.2 Å². The quantitative estimate of drug-likeness (QED) is 0.166. The molecule has 0 atom stereocenters. The number of para-hydroxylation sites is 1. The van der Waals surface area contributed by atoms with Crippen molar-refractivity contribution < 1.29 is 4.42 Å². The van der Waals surface area contributed by atoms with Gasteiger partial charge in [-0.1, -0.05) is 152 Å². The molecule has 10 rings (SSSR count). The van der Waals surface area contributed by atoms with Crippen LogP contribution in [0, 0.1) is 0 Å². The number of benzene rings is 9. The van der Waals surface area contributed by atoms with Gasteiger partial charge in [-0.25, -0.2) is 0 Å². The summed E-state index contributed by atoms with van der Waals surface area (Å²) in [4.78, 5) is 2.34. The van der Waals surface area contributed by atoms with Crippen LogP contribution in [0.25, 0.3) is 77.2 Å². The van der Waals surface area contributed by atoms with Crippen LogP contribution >= 0.6 is 0 Å². The van der Waals surface area contributed by atoms with Gasteiger partial charge in [-0.05, 0) is 116 Å². The smallest absolute Gasteiger partial charge is 0.136 e. The molecule has 0 aliphatic rings. The van der Waals surface area contributed by atoms with Gasteiger partial charge in [0.05, 0.1) is 0 Å². The van der Waals surface area contributed by atoms with Crippen molar-refractivity contribution in [3.63, 3.8) is 0 Å². The molecule has 2 heteroatoms. The number of rotatable bonds is 7. The molecule has 9 aromatic carbocycles. The van der Waals surface area contributed by atoms with Gasteiger partial charge in [-0.15, -0.1) is 0 Å². The lowest BCUT2D eigenvalue weighted by Gasteiger charge is -2.26. The predicted octanol–water partition coefficient (Wildman–Crippen LogP) is 14.9. The zero-order valence-electron chi connectivity index (χ0n) is 29.6. The third-order valence-electron chi connectivity index (χ3n) is 10.5. The molecule has 1 heterocycles. The maximum absolute atomic E-state index is 6.31. The van der Waals surface area contributed by atoms with Crippen molar-refractivity contribution >= 4 is 49.6 Å². The van der Waals surface area contributed by atoms with E-state index in [1.54, 1.807) is 0 Å². The molecule has 0 unspecified atom stereocenters. The summed E-state index contributed by atoms with van der Waals surface area (Å²) in [7, 11) is 0. The van der Waals surface area contributed by atoms with Gasteiger partial charge in [0.2, 0.25) is 0 Å². The van der Waals surface area contributed by atoms with Gasteiger partial charge in [0, 0.05) is 28.0 Å². The first-order chi connectivity index (χ1) is 26.7. The number of furan rings is 1. The molecule has 10 aromatic rings. The molecule has 2 nitrogen and oxygen atoms in total. The molecular weight excluding hydrogens is 655 g/mol. The molecule has 254 valence electrons. The number of hydrogen-bond donors (Lipinski definition) is 0. The summed E-state index contributed by atoms with van der Waals surface area (Å²) >= 11 is 0. The van der Waals surface area contributed by atoms with E-state index < -0.39 is 0 Å². The molecule has 1 aromatic heterocycles. The van der Waals surface area contributed by atoms with Crippen LogP contribution in [-0.2, 0) is 0 Å². The summed E-state index contributed by atoms with van der Waals surface area (Å²) in [5, 5.41) is 6.09. The van der Waals surface area contributed by atoms with Gasteiger partial charge >= 0.3 is 0 Å². The summed E-state index contributed by atoms with van der Waals surface area (Å²) in [5.41, 5.74) is 12.3. The highest BCUT2D eigenvalue weighted by Crippen LogP contribution is 2.40. The Labute approximate surface area is 314 Å². The topological polar surface area (TPSA) is 16.4 Å².